The number of hydrogen-bond acceptors (Lipinski definition) is 3. The van der Waals surface area contributed by atoms with Crippen LogP contribution in [0.5, 0.6) is 0 Å². The van der Waals surface area contributed by atoms with Crippen molar-refractivity contribution in [1.29, 1.82) is 0 Å². The van der Waals surface area contributed by atoms with Crippen LogP contribution >= 0.6 is 0 Å². The molecule has 4 nitrogen and oxygen atoms in total. The first kappa shape index (κ1) is 12.3. The fourth-order valence-electron chi connectivity index (χ4n) is 2.70. The standard InChI is InChI=1S/C13H19NO3/c15-12(16)13(17,10-6-2-1-3-7-10)11-8-4-5-9-14-11/h1-3,6,10-11,14,17H,4-5,7-9H2,(H,15,16). The fourth-order valence-corrected chi connectivity index (χ4v) is 2.70. The van der Waals surface area contributed by atoms with E-state index >= 15 is 0 Å². The number of carbonyl (C=O) groups is 1. The maximum atomic E-state index is 11.5. The number of aliphatic carboxylic acids is 1. The molecule has 0 spiro atoms. The van der Waals surface area contributed by atoms with Crippen molar-refractivity contribution in [2.75, 3.05) is 6.54 Å². The van der Waals surface area contributed by atoms with E-state index in [1.807, 2.05) is 18.2 Å². The van der Waals surface area contributed by atoms with Gasteiger partial charge in [0.1, 0.15) is 0 Å². The van der Waals surface area contributed by atoms with Crippen molar-refractivity contribution in [3.63, 3.8) is 0 Å². The minimum atomic E-state index is -1.69. The molecule has 1 heterocycles. The van der Waals surface area contributed by atoms with Gasteiger partial charge in [0, 0.05) is 12.0 Å². The Morgan fingerprint density at radius 3 is 2.71 bits per heavy atom. The second kappa shape index (κ2) is 5.02. The molecule has 3 atom stereocenters. The lowest BCUT2D eigenvalue weighted by Crippen LogP contribution is -2.61. The average molecular weight is 237 g/mol. The average Bonchev–Trinajstić information content (AvgIpc) is 2.39. The van der Waals surface area contributed by atoms with E-state index < -0.39 is 11.6 Å². The lowest BCUT2D eigenvalue weighted by atomic mass is 9.75. The molecule has 4 heteroatoms. The summed E-state index contributed by atoms with van der Waals surface area (Å²) in [5.41, 5.74) is -1.69. The van der Waals surface area contributed by atoms with E-state index in [0.717, 1.165) is 25.8 Å². The van der Waals surface area contributed by atoms with Crippen molar-refractivity contribution >= 4 is 5.97 Å². The molecule has 1 aliphatic heterocycles. The van der Waals surface area contributed by atoms with Gasteiger partial charge in [-0.2, -0.15) is 0 Å². The highest BCUT2D eigenvalue weighted by molar-refractivity contribution is 5.79. The molecule has 0 bridgehead atoms. The minimum absolute atomic E-state index is 0.347. The number of hydrogen-bond donors (Lipinski definition) is 3. The van der Waals surface area contributed by atoms with Gasteiger partial charge >= 0.3 is 5.97 Å². The van der Waals surface area contributed by atoms with E-state index in [1.165, 1.54) is 0 Å². The second-order valence-corrected chi connectivity index (χ2v) is 4.79. The Bertz CT molecular complexity index is 345. The number of carboxylic acids is 1. The molecule has 2 aliphatic rings. The maximum absolute atomic E-state index is 11.5. The van der Waals surface area contributed by atoms with E-state index in [4.69, 9.17) is 0 Å². The molecule has 94 valence electrons. The zero-order valence-electron chi connectivity index (χ0n) is 9.80. The third kappa shape index (κ3) is 2.28. The third-order valence-electron chi connectivity index (χ3n) is 3.73. The first-order valence-corrected chi connectivity index (χ1v) is 6.18. The quantitative estimate of drug-likeness (QED) is 0.687. The number of nitrogens with one attached hydrogen (secondary N) is 1. The van der Waals surface area contributed by atoms with Crippen LogP contribution in [0.1, 0.15) is 25.7 Å². The first-order chi connectivity index (χ1) is 8.15. The highest BCUT2D eigenvalue weighted by Gasteiger charge is 2.49. The van der Waals surface area contributed by atoms with E-state index in [9.17, 15) is 15.0 Å². The Hall–Kier alpha value is -1.13. The summed E-state index contributed by atoms with van der Waals surface area (Å²) in [4.78, 5) is 11.5. The van der Waals surface area contributed by atoms with Crippen molar-refractivity contribution < 1.29 is 15.0 Å². The number of allylic oxidation sites excluding steroid dienone is 3. The van der Waals surface area contributed by atoms with Crippen LogP contribution in [0, 0.1) is 5.92 Å². The maximum Gasteiger partial charge on any atom is 0.337 e. The van der Waals surface area contributed by atoms with Crippen LogP contribution in [-0.2, 0) is 4.79 Å². The van der Waals surface area contributed by atoms with Crippen LogP contribution < -0.4 is 5.32 Å². The van der Waals surface area contributed by atoms with Crippen molar-refractivity contribution in [2.24, 2.45) is 5.92 Å². The van der Waals surface area contributed by atoms with Gasteiger partial charge in [-0.15, -0.1) is 0 Å². The Balaban J connectivity index is 2.21. The summed E-state index contributed by atoms with van der Waals surface area (Å²) in [5.74, 6) is -1.47. The Morgan fingerprint density at radius 2 is 2.18 bits per heavy atom. The molecule has 3 unspecified atom stereocenters. The van der Waals surface area contributed by atoms with Gasteiger partial charge in [-0.25, -0.2) is 4.79 Å². The van der Waals surface area contributed by atoms with Gasteiger partial charge in [-0.3, -0.25) is 0 Å². The van der Waals surface area contributed by atoms with E-state index in [1.54, 1.807) is 6.08 Å². The predicted octanol–water partition coefficient (Wildman–Crippen LogP) is 1.08. The summed E-state index contributed by atoms with van der Waals surface area (Å²) >= 11 is 0. The minimum Gasteiger partial charge on any atom is -0.479 e. The molecular formula is C13H19NO3. The van der Waals surface area contributed by atoms with Crippen LogP contribution in [0.25, 0.3) is 0 Å². The SMILES string of the molecule is O=C(O)C(O)(C1C=CC=CC1)C1CCCCN1. The molecule has 1 fully saturated rings. The summed E-state index contributed by atoms with van der Waals surface area (Å²) in [6, 6.07) is -0.352. The summed E-state index contributed by atoms with van der Waals surface area (Å²) < 4.78 is 0. The molecule has 0 saturated carbocycles. The molecule has 0 aromatic carbocycles. The molecule has 2 rings (SSSR count). The molecule has 3 N–H and O–H groups in total. The fraction of sp³-hybridized carbons (Fsp3) is 0.615. The van der Waals surface area contributed by atoms with Gasteiger partial charge in [-0.1, -0.05) is 30.7 Å². The molecule has 0 amide bonds. The highest BCUT2D eigenvalue weighted by Crippen LogP contribution is 2.32. The Labute approximate surface area is 101 Å². The van der Waals surface area contributed by atoms with Crippen molar-refractivity contribution in [1.82, 2.24) is 5.32 Å². The largest absolute Gasteiger partial charge is 0.479 e. The monoisotopic (exact) mass is 237 g/mol. The first-order valence-electron chi connectivity index (χ1n) is 6.18. The van der Waals surface area contributed by atoms with Gasteiger partial charge in [0.05, 0.1) is 0 Å². The molecular weight excluding hydrogens is 218 g/mol. The third-order valence-corrected chi connectivity index (χ3v) is 3.73. The zero-order chi connectivity index (χ0) is 12.3. The molecule has 0 aromatic rings. The summed E-state index contributed by atoms with van der Waals surface area (Å²) in [7, 11) is 0. The highest BCUT2D eigenvalue weighted by atomic mass is 16.4. The molecule has 0 radical (unpaired) electrons. The van der Waals surface area contributed by atoms with Gasteiger partial charge in [0.15, 0.2) is 5.60 Å². The van der Waals surface area contributed by atoms with Gasteiger partial charge < -0.3 is 15.5 Å². The van der Waals surface area contributed by atoms with Crippen molar-refractivity contribution in [2.45, 2.75) is 37.3 Å². The molecule has 1 saturated heterocycles. The van der Waals surface area contributed by atoms with Crippen LogP contribution in [0.3, 0.4) is 0 Å². The summed E-state index contributed by atoms with van der Waals surface area (Å²) in [5, 5.41) is 23.1. The lowest BCUT2D eigenvalue weighted by Gasteiger charge is -2.40. The lowest BCUT2D eigenvalue weighted by molar-refractivity contribution is -0.168. The van der Waals surface area contributed by atoms with Crippen LogP contribution in [0.2, 0.25) is 0 Å². The smallest absolute Gasteiger partial charge is 0.337 e. The van der Waals surface area contributed by atoms with Gasteiger partial charge in [0.2, 0.25) is 0 Å². The Morgan fingerprint density at radius 1 is 1.35 bits per heavy atom. The topological polar surface area (TPSA) is 69.6 Å². The van der Waals surface area contributed by atoms with Gasteiger partial charge in [0.25, 0.3) is 0 Å². The van der Waals surface area contributed by atoms with E-state index in [2.05, 4.69) is 5.32 Å². The van der Waals surface area contributed by atoms with Crippen LogP contribution in [0.15, 0.2) is 24.3 Å². The molecule has 1 aliphatic carbocycles. The van der Waals surface area contributed by atoms with Crippen LogP contribution in [-0.4, -0.2) is 34.4 Å². The van der Waals surface area contributed by atoms with E-state index in [0.29, 0.717) is 6.42 Å². The zero-order valence-corrected chi connectivity index (χ0v) is 9.80. The van der Waals surface area contributed by atoms with Crippen molar-refractivity contribution in [3.05, 3.63) is 24.3 Å². The van der Waals surface area contributed by atoms with Crippen LogP contribution in [0.4, 0.5) is 0 Å². The molecule has 17 heavy (non-hydrogen) atoms. The van der Waals surface area contributed by atoms with E-state index in [-0.39, 0.29) is 12.0 Å². The normalized spacial score (nSPS) is 32.1. The predicted molar refractivity (Wildman–Crippen MR) is 64.6 cm³/mol. The number of piperidine rings is 1. The number of rotatable bonds is 3. The van der Waals surface area contributed by atoms with Gasteiger partial charge in [-0.05, 0) is 25.8 Å². The second-order valence-electron chi connectivity index (χ2n) is 4.79. The number of aliphatic hydroxyl groups is 1. The van der Waals surface area contributed by atoms with Crippen molar-refractivity contribution in [3.8, 4) is 0 Å². The number of carboxylic acid groups (broad SMARTS) is 1. The molecule has 0 aromatic heterocycles. The summed E-state index contributed by atoms with van der Waals surface area (Å²) in [6.07, 6.45) is 10.7. The Kier molecular flexibility index (Phi) is 3.64. The summed E-state index contributed by atoms with van der Waals surface area (Å²) in [6.45, 7) is 0.784.